The van der Waals surface area contributed by atoms with Crippen molar-refractivity contribution in [3.8, 4) is 5.75 Å². The SMILES string of the molecule is Cc1ccc(C(=O)N/N=C\c2cc(C(C)C)c(O)c(C(C)C)c2)cc1. The number of amides is 1. The Morgan fingerprint density at radius 3 is 2.04 bits per heavy atom. The van der Waals surface area contributed by atoms with Crippen LogP contribution in [0, 0.1) is 6.92 Å². The molecule has 0 radical (unpaired) electrons. The van der Waals surface area contributed by atoms with Gasteiger partial charge in [0.15, 0.2) is 0 Å². The third kappa shape index (κ3) is 4.69. The smallest absolute Gasteiger partial charge is 0.271 e. The van der Waals surface area contributed by atoms with Gasteiger partial charge in [0.25, 0.3) is 5.91 Å². The number of aromatic hydroxyl groups is 1. The minimum absolute atomic E-state index is 0.202. The number of nitrogens with one attached hydrogen (secondary N) is 1. The molecular weight excluding hydrogens is 312 g/mol. The van der Waals surface area contributed by atoms with Crippen molar-refractivity contribution in [2.75, 3.05) is 0 Å². The molecule has 0 aliphatic rings. The number of carbonyl (C=O) groups is 1. The summed E-state index contributed by atoms with van der Waals surface area (Å²) in [6, 6.07) is 11.1. The van der Waals surface area contributed by atoms with Crippen molar-refractivity contribution >= 4 is 12.1 Å². The third-order valence-corrected chi connectivity index (χ3v) is 4.13. The van der Waals surface area contributed by atoms with E-state index in [9.17, 15) is 9.90 Å². The highest BCUT2D eigenvalue weighted by atomic mass is 16.3. The number of phenols is 1. The largest absolute Gasteiger partial charge is 0.507 e. The highest BCUT2D eigenvalue weighted by molar-refractivity contribution is 5.95. The van der Waals surface area contributed by atoms with Crippen LogP contribution in [0.4, 0.5) is 0 Å². The van der Waals surface area contributed by atoms with E-state index in [4.69, 9.17) is 0 Å². The van der Waals surface area contributed by atoms with E-state index in [2.05, 4.69) is 10.5 Å². The topological polar surface area (TPSA) is 61.7 Å². The van der Waals surface area contributed by atoms with E-state index < -0.39 is 0 Å². The number of aryl methyl sites for hydroxylation is 1. The van der Waals surface area contributed by atoms with Crippen LogP contribution in [0.5, 0.6) is 5.75 Å². The first-order chi connectivity index (χ1) is 11.8. The van der Waals surface area contributed by atoms with Crippen molar-refractivity contribution in [2.45, 2.75) is 46.5 Å². The lowest BCUT2D eigenvalue weighted by atomic mass is 9.92. The van der Waals surface area contributed by atoms with Gasteiger partial charge in [0.05, 0.1) is 6.21 Å². The molecule has 2 N–H and O–H groups in total. The zero-order valence-electron chi connectivity index (χ0n) is 15.5. The quantitative estimate of drug-likeness (QED) is 0.612. The molecule has 2 rings (SSSR count). The Labute approximate surface area is 149 Å². The molecule has 0 aromatic heterocycles. The summed E-state index contributed by atoms with van der Waals surface area (Å²) in [7, 11) is 0. The Morgan fingerprint density at radius 2 is 1.56 bits per heavy atom. The van der Waals surface area contributed by atoms with E-state index in [0.717, 1.165) is 22.3 Å². The zero-order valence-corrected chi connectivity index (χ0v) is 15.5. The Balaban J connectivity index is 2.20. The molecule has 0 fully saturated rings. The molecule has 2 aromatic rings. The fraction of sp³-hybridized carbons (Fsp3) is 0.333. The van der Waals surface area contributed by atoms with Crippen molar-refractivity contribution in [1.82, 2.24) is 5.43 Å². The van der Waals surface area contributed by atoms with Crippen molar-refractivity contribution in [1.29, 1.82) is 0 Å². The maximum Gasteiger partial charge on any atom is 0.271 e. The average Bonchev–Trinajstić information content (AvgIpc) is 2.56. The lowest BCUT2D eigenvalue weighted by Gasteiger charge is -2.16. The molecule has 0 spiro atoms. The van der Waals surface area contributed by atoms with Crippen LogP contribution >= 0.6 is 0 Å². The number of hydrazone groups is 1. The van der Waals surface area contributed by atoms with Crippen molar-refractivity contribution in [2.24, 2.45) is 5.10 Å². The van der Waals surface area contributed by atoms with Gasteiger partial charge in [-0.1, -0.05) is 45.4 Å². The molecule has 0 saturated heterocycles. The van der Waals surface area contributed by atoms with Crippen molar-refractivity contribution < 1.29 is 9.90 Å². The molecule has 2 aromatic carbocycles. The first-order valence-corrected chi connectivity index (χ1v) is 8.56. The summed E-state index contributed by atoms with van der Waals surface area (Å²) in [5.74, 6) is 0.509. The molecule has 0 saturated carbocycles. The van der Waals surface area contributed by atoms with E-state index in [1.807, 2.05) is 58.9 Å². The monoisotopic (exact) mass is 338 g/mol. The summed E-state index contributed by atoms with van der Waals surface area (Å²) in [6.07, 6.45) is 1.61. The van der Waals surface area contributed by atoms with Gasteiger partial charge >= 0.3 is 0 Å². The van der Waals surface area contributed by atoms with E-state index in [0.29, 0.717) is 11.3 Å². The number of phenolic OH excluding ortho intramolecular Hbond substituents is 1. The van der Waals surface area contributed by atoms with Gasteiger partial charge in [-0.25, -0.2) is 5.43 Å². The molecule has 0 unspecified atom stereocenters. The molecule has 25 heavy (non-hydrogen) atoms. The lowest BCUT2D eigenvalue weighted by Crippen LogP contribution is -2.17. The van der Waals surface area contributed by atoms with Gasteiger partial charge < -0.3 is 5.11 Å². The number of nitrogens with zero attached hydrogens (tertiary/aromatic N) is 1. The Kier molecular flexibility index (Phi) is 5.97. The number of hydrogen-bond acceptors (Lipinski definition) is 3. The van der Waals surface area contributed by atoms with Crippen LogP contribution in [0.3, 0.4) is 0 Å². The van der Waals surface area contributed by atoms with Gasteiger partial charge in [-0.15, -0.1) is 0 Å². The van der Waals surface area contributed by atoms with Crippen LogP contribution in [0.2, 0.25) is 0 Å². The zero-order chi connectivity index (χ0) is 18.6. The molecule has 0 aliphatic carbocycles. The fourth-order valence-corrected chi connectivity index (χ4v) is 2.59. The lowest BCUT2D eigenvalue weighted by molar-refractivity contribution is 0.0955. The maximum atomic E-state index is 12.1. The molecular formula is C21H26N2O2. The van der Waals surface area contributed by atoms with E-state index in [1.54, 1.807) is 18.3 Å². The molecule has 4 heteroatoms. The van der Waals surface area contributed by atoms with Gasteiger partial charge in [0.2, 0.25) is 0 Å². The van der Waals surface area contributed by atoms with Crippen LogP contribution < -0.4 is 5.43 Å². The van der Waals surface area contributed by atoms with Gasteiger partial charge in [0, 0.05) is 5.56 Å². The third-order valence-electron chi connectivity index (χ3n) is 4.13. The minimum atomic E-state index is -0.247. The highest BCUT2D eigenvalue weighted by Crippen LogP contribution is 2.34. The standard InChI is InChI=1S/C21H26N2O2/c1-13(2)18-10-16(11-19(14(3)4)20(18)24)12-22-23-21(25)17-8-6-15(5)7-9-17/h6-14,24H,1-5H3,(H,23,25)/b22-12-. The molecule has 0 aliphatic heterocycles. The maximum absolute atomic E-state index is 12.1. The highest BCUT2D eigenvalue weighted by Gasteiger charge is 2.14. The number of hydrogen-bond donors (Lipinski definition) is 2. The summed E-state index contributed by atoms with van der Waals surface area (Å²) in [5, 5.41) is 14.5. The fourth-order valence-electron chi connectivity index (χ4n) is 2.59. The predicted molar refractivity (Wildman–Crippen MR) is 103 cm³/mol. The van der Waals surface area contributed by atoms with Crippen LogP contribution in [0.1, 0.15) is 72.1 Å². The number of benzene rings is 2. The first kappa shape index (κ1) is 18.7. The van der Waals surface area contributed by atoms with E-state index in [-0.39, 0.29) is 17.7 Å². The molecule has 4 nitrogen and oxygen atoms in total. The predicted octanol–water partition coefficient (Wildman–Crippen LogP) is 4.71. The minimum Gasteiger partial charge on any atom is -0.507 e. The molecule has 0 bridgehead atoms. The van der Waals surface area contributed by atoms with Crippen molar-refractivity contribution in [3.05, 3.63) is 64.2 Å². The average molecular weight is 338 g/mol. The Bertz CT molecular complexity index is 746. The second-order valence-electron chi connectivity index (χ2n) is 6.92. The van der Waals surface area contributed by atoms with Gasteiger partial charge in [-0.3, -0.25) is 4.79 Å². The summed E-state index contributed by atoms with van der Waals surface area (Å²) >= 11 is 0. The van der Waals surface area contributed by atoms with Crippen molar-refractivity contribution in [3.63, 3.8) is 0 Å². The normalized spacial score (nSPS) is 11.5. The second kappa shape index (κ2) is 7.97. The number of rotatable bonds is 5. The molecule has 1 amide bonds. The Morgan fingerprint density at radius 1 is 1.04 bits per heavy atom. The van der Waals surface area contributed by atoms with E-state index >= 15 is 0 Å². The molecule has 0 heterocycles. The second-order valence-corrected chi connectivity index (χ2v) is 6.92. The van der Waals surface area contributed by atoms with Crippen LogP contribution in [-0.4, -0.2) is 17.2 Å². The van der Waals surface area contributed by atoms with Crippen LogP contribution in [-0.2, 0) is 0 Å². The summed E-state index contributed by atoms with van der Waals surface area (Å²) in [6.45, 7) is 10.1. The molecule has 0 atom stereocenters. The summed E-state index contributed by atoms with van der Waals surface area (Å²) in [4.78, 5) is 12.1. The Hall–Kier alpha value is -2.62. The van der Waals surface area contributed by atoms with E-state index in [1.165, 1.54) is 0 Å². The molecule has 132 valence electrons. The summed E-state index contributed by atoms with van der Waals surface area (Å²) in [5.41, 5.74) is 6.85. The first-order valence-electron chi connectivity index (χ1n) is 8.56. The summed E-state index contributed by atoms with van der Waals surface area (Å²) < 4.78 is 0. The van der Waals surface area contributed by atoms with Gasteiger partial charge in [-0.2, -0.15) is 5.10 Å². The number of carbonyl (C=O) groups excluding carboxylic acids is 1. The van der Waals surface area contributed by atoms with Crippen LogP contribution in [0.15, 0.2) is 41.5 Å². The van der Waals surface area contributed by atoms with Crippen LogP contribution in [0.25, 0.3) is 0 Å². The van der Waals surface area contributed by atoms with Gasteiger partial charge in [0.1, 0.15) is 5.75 Å². The van der Waals surface area contributed by atoms with Gasteiger partial charge in [-0.05, 0) is 59.7 Å².